The highest BCUT2D eigenvalue weighted by Crippen LogP contribution is 2.41. The van der Waals surface area contributed by atoms with Crippen LogP contribution in [-0.2, 0) is 16.4 Å². The first-order valence-electron chi connectivity index (χ1n) is 10.5. The third-order valence-corrected chi connectivity index (χ3v) is 7.20. The van der Waals surface area contributed by atoms with Crippen LogP contribution in [0.25, 0.3) is 11.1 Å². The number of ether oxygens (including phenoxy) is 2. The summed E-state index contributed by atoms with van der Waals surface area (Å²) in [4.78, 5) is 2.22. The number of likely N-dealkylation sites (N-methyl/N-ethyl adjacent to an activating group) is 1. The summed E-state index contributed by atoms with van der Waals surface area (Å²) in [5.74, 6) is 1.16. The van der Waals surface area contributed by atoms with E-state index in [1.807, 2.05) is 14.1 Å². The Morgan fingerprint density at radius 2 is 1.82 bits per heavy atom. The quantitative estimate of drug-likeness (QED) is 0.596. The van der Waals surface area contributed by atoms with E-state index in [0.29, 0.717) is 46.9 Å². The normalized spacial score (nSPS) is 15.3. The van der Waals surface area contributed by atoms with Crippen molar-refractivity contribution >= 4 is 15.7 Å². The van der Waals surface area contributed by atoms with Gasteiger partial charge in [-0.05, 0) is 56.4 Å². The van der Waals surface area contributed by atoms with Crippen LogP contribution in [0.15, 0.2) is 65.6 Å². The molecular weight excluding hydrogens is 438 g/mol. The summed E-state index contributed by atoms with van der Waals surface area (Å²) in [6.07, 6.45) is 0.683. The van der Waals surface area contributed by atoms with Crippen molar-refractivity contribution in [2.75, 3.05) is 32.5 Å². The van der Waals surface area contributed by atoms with Crippen molar-refractivity contribution in [1.29, 1.82) is 5.26 Å². The smallest absolute Gasteiger partial charge is 0.262 e. The number of hydrogen-bond donors (Lipinski definition) is 1. The molecule has 0 unspecified atom stereocenters. The minimum absolute atomic E-state index is 0.140. The van der Waals surface area contributed by atoms with Crippen molar-refractivity contribution in [3.8, 4) is 28.7 Å². The average Bonchev–Trinajstić information content (AvgIpc) is 2.83. The Bertz CT molecular complexity index is 1310. The lowest BCUT2D eigenvalue weighted by Gasteiger charge is -2.32. The van der Waals surface area contributed by atoms with Gasteiger partial charge in [-0.1, -0.05) is 30.3 Å². The van der Waals surface area contributed by atoms with Crippen LogP contribution in [-0.4, -0.2) is 47.2 Å². The molecule has 0 aromatic heterocycles. The first-order valence-corrected chi connectivity index (χ1v) is 11.9. The molecule has 170 valence electrons. The summed E-state index contributed by atoms with van der Waals surface area (Å²) in [6.45, 7) is 0.448. The van der Waals surface area contributed by atoms with Gasteiger partial charge in [0, 0.05) is 17.2 Å². The molecule has 0 spiro atoms. The Labute approximate surface area is 194 Å². The maximum Gasteiger partial charge on any atom is 0.262 e. The van der Waals surface area contributed by atoms with Gasteiger partial charge in [0.05, 0.1) is 29.3 Å². The molecule has 1 aliphatic rings. The zero-order valence-corrected chi connectivity index (χ0v) is 19.5. The molecule has 33 heavy (non-hydrogen) atoms. The second-order valence-corrected chi connectivity index (χ2v) is 9.70. The van der Waals surface area contributed by atoms with E-state index in [2.05, 4.69) is 15.7 Å². The van der Waals surface area contributed by atoms with Crippen LogP contribution in [0.1, 0.15) is 11.1 Å². The van der Waals surface area contributed by atoms with E-state index in [9.17, 15) is 8.42 Å². The van der Waals surface area contributed by atoms with Crippen LogP contribution in [0.2, 0.25) is 0 Å². The second-order valence-electron chi connectivity index (χ2n) is 8.05. The zero-order valence-electron chi connectivity index (χ0n) is 18.7. The number of anilines is 1. The second kappa shape index (κ2) is 9.14. The largest absolute Gasteiger partial charge is 0.496 e. The summed E-state index contributed by atoms with van der Waals surface area (Å²) in [5, 5.41) is 9.05. The molecule has 1 aliphatic heterocycles. The van der Waals surface area contributed by atoms with Crippen LogP contribution in [0.3, 0.4) is 0 Å². The molecule has 0 fully saturated rings. The van der Waals surface area contributed by atoms with Gasteiger partial charge in [0.25, 0.3) is 10.0 Å². The summed E-state index contributed by atoms with van der Waals surface area (Å²) < 4.78 is 41.2. The topological polar surface area (TPSA) is 91.7 Å². The Morgan fingerprint density at radius 3 is 2.48 bits per heavy atom. The predicted molar refractivity (Wildman–Crippen MR) is 127 cm³/mol. The number of nitrogens with zero attached hydrogens (tertiary/aromatic N) is 2. The van der Waals surface area contributed by atoms with Crippen molar-refractivity contribution in [2.24, 2.45) is 0 Å². The Balaban J connectivity index is 1.73. The van der Waals surface area contributed by atoms with E-state index < -0.39 is 10.0 Å². The number of nitrogens with one attached hydrogen (secondary N) is 1. The Morgan fingerprint density at radius 1 is 1.09 bits per heavy atom. The summed E-state index contributed by atoms with van der Waals surface area (Å²) in [5.41, 5.74) is 2.97. The van der Waals surface area contributed by atoms with Crippen LogP contribution in [0, 0.1) is 11.3 Å². The number of benzene rings is 3. The lowest BCUT2D eigenvalue weighted by atomic mass is 10.00. The van der Waals surface area contributed by atoms with E-state index in [0.717, 1.165) is 5.56 Å². The van der Waals surface area contributed by atoms with Crippen molar-refractivity contribution in [1.82, 2.24) is 4.90 Å². The van der Waals surface area contributed by atoms with Gasteiger partial charge in [0.2, 0.25) is 0 Å². The Kier molecular flexibility index (Phi) is 6.27. The minimum atomic E-state index is -3.94. The highest BCUT2D eigenvalue weighted by molar-refractivity contribution is 7.92. The van der Waals surface area contributed by atoms with E-state index in [1.54, 1.807) is 67.8 Å². The maximum absolute atomic E-state index is 13.5. The molecule has 7 nitrogen and oxygen atoms in total. The fourth-order valence-electron chi connectivity index (χ4n) is 3.91. The highest BCUT2D eigenvalue weighted by atomic mass is 32.2. The molecule has 3 aromatic carbocycles. The molecule has 4 rings (SSSR count). The van der Waals surface area contributed by atoms with Crippen molar-refractivity contribution in [3.63, 3.8) is 0 Å². The van der Waals surface area contributed by atoms with Crippen LogP contribution < -0.4 is 14.2 Å². The van der Waals surface area contributed by atoms with Gasteiger partial charge in [-0.2, -0.15) is 5.26 Å². The van der Waals surface area contributed by atoms with Gasteiger partial charge >= 0.3 is 0 Å². The fourth-order valence-corrected chi connectivity index (χ4v) is 5.20. The molecule has 8 heteroatoms. The Hall–Kier alpha value is -3.54. The number of sulfonamides is 1. The molecule has 0 amide bonds. The van der Waals surface area contributed by atoms with Crippen LogP contribution >= 0.6 is 0 Å². The number of rotatable bonds is 6. The maximum atomic E-state index is 13.5. The molecule has 0 radical (unpaired) electrons. The predicted octanol–water partition coefficient (Wildman–Crippen LogP) is 3.90. The molecule has 1 N–H and O–H groups in total. The van der Waals surface area contributed by atoms with Crippen molar-refractivity contribution < 1.29 is 17.9 Å². The third kappa shape index (κ3) is 4.51. The number of methoxy groups -OCH3 is 1. The molecule has 0 saturated carbocycles. The first-order chi connectivity index (χ1) is 15.8. The molecule has 0 aliphatic carbocycles. The molecule has 1 heterocycles. The standard InChI is InChI=1S/C25H25N3O4S/c1-28(2)19-14-21-23(31-3)13-12-22(25(21)32-16-19)27-33(29,30)24-7-5-4-6-20(24)18-10-8-17(15-26)9-11-18/h4-13,19,27H,14,16H2,1-3H3/t19-/m1/s1. The van der Waals surface area contributed by atoms with Gasteiger partial charge < -0.3 is 14.4 Å². The van der Waals surface area contributed by atoms with E-state index in [4.69, 9.17) is 14.7 Å². The van der Waals surface area contributed by atoms with Crippen LogP contribution in [0.5, 0.6) is 11.5 Å². The minimum Gasteiger partial charge on any atom is -0.496 e. The van der Waals surface area contributed by atoms with E-state index in [1.165, 1.54) is 0 Å². The lowest BCUT2D eigenvalue weighted by molar-refractivity contribution is 0.164. The summed E-state index contributed by atoms with van der Waals surface area (Å²) in [6, 6.07) is 19.3. The van der Waals surface area contributed by atoms with Crippen LogP contribution in [0.4, 0.5) is 5.69 Å². The lowest BCUT2D eigenvalue weighted by Crippen LogP contribution is -2.38. The summed E-state index contributed by atoms with van der Waals surface area (Å²) in [7, 11) is 1.62. The van der Waals surface area contributed by atoms with Gasteiger partial charge in [0.1, 0.15) is 18.1 Å². The van der Waals surface area contributed by atoms with Gasteiger partial charge in [-0.25, -0.2) is 8.42 Å². The first kappa shape index (κ1) is 22.6. The SMILES string of the molecule is COc1ccc(NS(=O)(=O)c2ccccc2-c2ccc(C#N)cc2)c2c1C[C@@H](N(C)C)CO2. The fraction of sp³-hybridized carbons (Fsp3) is 0.240. The van der Waals surface area contributed by atoms with Gasteiger partial charge in [-0.15, -0.1) is 0 Å². The average molecular weight is 464 g/mol. The number of nitriles is 1. The molecule has 1 atom stereocenters. The number of hydrogen-bond acceptors (Lipinski definition) is 6. The monoisotopic (exact) mass is 463 g/mol. The molecule has 0 saturated heterocycles. The van der Waals surface area contributed by atoms with Crippen molar-refractivity contribution in [3.05, 3.63) is 71.8 Å². The van der Waals surface area contributed by atoms with Crippen molar-refractivity contribution in [2.45, 2.75) is 17.4 Å². The summed E-state index contributed by atoms with van der Waals surface area (Å²) >= 11 is 0. The molecule has 3 aromatic rings. The van der Waals surface area contributed by atoms with E-state index >= 15 is 0 Å². The third-order valence-electron chi connectivity index (χ3n) is 5.77. The zero-order chi connectivity index (χ0) is 23.6. The molecule has 0 bridgehead atoms. The van der Waals surface area contributed by atoms with Gasteiger partial charge in [-0.3, -0.25) is 4.72 Å². The highest BCUT2D eigenvalue weighted by Gasteiger charge is 2.29. The molecular formula is C25H25N3O4S. The van der Waals surface area contributed by atoms with Gasteiger partial charge in [0.15, 0.2) is 0 Å². The van der Waals surface area contributed by atoms with E-state index in [-0.39, 0.29) is 10.9 Å². The number of fused-ring (bicyclic) bond motifs is 1.